The van der Waals surface area contributed by atoms with Crippen molar-refractivity contribution in [2.75, 3.05) is 38.2 Å². The lowest BCUT2D eigenvalue weighted by molar-refractivity contribution is -0.122. The van der Waals surface area contributed by atoms with Gasteiger partial charge in [-0.2, -0.15) is 0 Å². The third-order valence-electron chi connectivity index (χ3n) is 3.01. The molecule has 7 heteroatoms. The van der Waals surface area contributed by atoms with Crippen molar-refractivity contribution >= 4 is 11.7 Å². The van der Waals surface area contributed by atoms with Gasteiger partial charge in [0.15, 0.2) is 0 Å². The number of aromatic nitrogens is 2. The second-order valence-electron chi connectivity index (χ2n) is 4.18. The number of rotatable bonds is 4. The smallest absolute Gasteiger partial charge is 0.243 e. The molecule has 7 nitrogen and oxygen atoms in total. The largest absolute Gasteiger partial charge is 0.478 e. The quantitative estimate of drug-likeness (QED) is 0.757. The van der Waals surface area contributed by atoms with E-state index in [4.69, 9.17) is 4.74 Å². The Hall–Kier alpha value is -1.89. The van der Waals surface area contributed by atoms with Gasteiger partial charge < -0.3 is 20.3 Å². The standard InChI is InChI=1S/C12H19N5O2/c1-3-19-11-6-10(15-8-16-11)17-5-4-14-7-9(17)12(18)13-2/h6,8-9,14H,3-5,7H2,1-2H3,(H,13,18). The van der Waals surface area contributed by atoms with Crippen LogP contribution in [-0.2, 0) is 4.79 Å². The normalized spacial score (nSPS) is 19.1. The van der Waals surface area contributed by atoms with Crippen LogP contribution in [0.5, 0.6) is 5.88 Å². The summed E-state index contributed by atoms with van der Waals surface area (Å²) in [5.41, 5.74) is 0. The van der Waals surface area contributed by atoms with Gasteiger partial charge in [-0.25, -0.2) is 9.97 Å². The van der Waals surface area contributed by atoms with Gasteiger partial charge in [-0.1, -0.05) is 0 Å². The highest BCUT2D eigenvalue weighted by atomic mass is 16.5. The summed E-state index contributed by atoms with van der Waals surface area (Å²) in [5, 5.41) is 5.89. The predicted molar refractivity (Wildman–Crippen MR) is 71.3 cm³/mol. The van der Waals surface area contributed by atoms with Crippen molar-refractivity contribution in [3.05, 3.63) is 12.4 Å². The first-order valence-electron chi connectivity index (χ1n) is 6.40. The molecule has 1 fully saturated rings. The van der Waals surface area contributed by atoms with E-state index in [1.807, 2.05) is 11.8 Å². The van der Waals surface area contributed by atoms with Gasteiger partial charge in [0.25, 0.3) is 0 Å². The maximum atomic E-state index is 11.9. The molecule has 2 heterocycles. The highest BCUT2D eigenvalue weighted by Gasteiger charge is 2.29. The summed E-state index contributed by atoms with van der Waals surface area (Å²) in [5.74, 6) is 1.22. The molecule has 0 radical (unpaired) electrons. The van der Waals surface area contributed by atoms with Crippen molar-refractivity contribution in [1.29, 1.82) is 0 Å². The SMILES string of the molecule is CCOc1cc(N2CCNCC2C(=O)NC)ncn1. The summed E-state index contributed by atoms with van der Waals surface area (Å²) in [6, 6.07) is 1.51. The lowest BCUT2D eigenvalue weighted by Gasteiger charge is -2.35. The van der Waals surface area contributed by atoms with Gasteiger partial charge in [0, 0.05) is 32.7 Å². The Bertz CT molecular complexity index is 440. The minimum absolute atomic E-state index is 0.0243. The summed E-state index contributed by atoms with van der Waals surface area (Å²) < 4.78 is 5.37. The molecule has 19 heavy (non-hydrogen) atoms. The third kappa shape index (κ3) is 3.11. The van der Waals surface area contributed by atoms with Crippen LogP contribution in [0.1, 0.15) is 6.92 Å². The molecule has 2 rings (SSSR count). The van der Waals surface area contributed by atoms with Crippen LogP contribution in [0.4, 0.5) is 5.82 Å². The molecular formula is C12H19N5O2. The summed E-state index contributed by atoms with van der Waals surface area (Å²) in [7, 11) is 1.64. The lowest BCUT2D eigenvalue weighted by Crippen LogP contribution is -2.57. The van der Waals surface area contributed by atoms with E-state index in [-0.39, 0.29) is 11.9 Å². The zero-order chi connectivity index (χ0) is 13.7. The number of carbonyl (C=O) groups excluding carboxylic acids is 1. The number of hydrogen-bond acceptors (Lipinski definition) is 6. The average Bonchev–Trinajstić information content (AvgIpc) is 2.47. The molecule has 1 saturated heterocycles. The van der Waals surface area contributed by atoms with E-state index in [9.17, 15) is 4.79 Å². The third-order valence-corrected chi connectivity index (χ3v) is 3.01. The molecule has 1 amide bonds. The summed E-state index contributed by atoms with van der Waals surface area (Å²) >= 11 is 0. The molecule has 104 valence electrons. The molecule has 0 aromatic carbocycles. The molecule has 0 spiro atoms. The van der Waals surface area contributed by atoms with Crippen LogP contribution in [-0.4, -0.2) is 55.2 Å². The second kappa shape index (κ2) is 6.33. The molecule has 1 unspecified atom stereocenters. The monoisotopic (exact) mass is 265 g/mol. The number of piperazine rings is 1. The number of hydrogen-bond donors (Lipinski definition) is 2. The van der Waals surface area contributed by atoms with Gasteiger partial charge in [-0.3, -0.25) is 4.79 Å². The highest BCUT2D eigenvalue weighted by Crippen LogP contribution is 2.19. The van der Waals surface area contributed by atoms with Crippen molar-refractivity contribution in [3.8, 4) is 5.88 Å². The zero-order valence-corrected chi connectivity index (χ0v) is 11.2. The number of likely N-dealkylation sites (N-methyl/N-ethyl adjacent to an activating group) is 1. The Balaban J connectivity index is 2.21. The van der Waals surface area contributed by atoms with Crippen LogP contribution in [0.2, 0.25) is 0 Å². The van der Waals surface area contributed by atoms with E-state index < -0.39 is 0 Å². The molecule has 2 N–H and O–H groups in total. The van der Waals surface area contributed by atoms with Crippen LogP contribution in [0.15, 0.2) is 12.4 Å². The Morgan fingerprint density at radius 1 is 1.63 bits per heavy atom. The van der Waals surface area contributed by atoms with Crippen LogP contribution in [0, 0.1) is 0 Å². The highest BCUT2D eigenvalue weighted by molar-refractivity contribution is 5.85. The number of amides is 1. The van der Waals surface area contributed by atoms with Gasteiger partial charge in [0.2, 0.25) is 11.8 Å². The first-order chi connectivity index (χ1) is 9.26. The Morgan fingerprint density at radius 3 is 3.21 bits per heavy atom. The molecule has 1 atom stereocenters. The molecular weight excluding hydrogens is 246 g/mol. The molecule has 1 aromatic heterocycles. The zero-order valence-electron chi connectivity index (χ0n) is 11.2. The van der Waals surface area contributed by atoms with Gasteiger partial charge in [0.1, 0.15) is 18.2 Å². The fraction of sp³-hybridized carbons (Fsp3) is 0.583. The van der Waals surface area contributed by atoms with Crippen LogP contribution in [0.25, 0.3) is 0 Å². The molecule has 1 aliphatic rings. The van der Waals surface area contributed by atoms with Gasteiger partial charge in [-0.05, 0) is 6.92 Å². The molecule has 1 aliphatic heterocycles. The minimum Gasteiger partial charge on any atom is -0.478 e. The van der Waals surface area contributed by atoms with Crippen molar-refractivity contribution in [2.45, 2.75) is 13.0 Å². The van der Waals surface area contributed by atoms with Crippen LogP contribution >= 0.6 is 0 Å². The summed E-state index contributed by atoms with van der Waals surface area (Å²) in [4.78, 5) is 22.1. The van der Waals surface area contributed by atoms with E-state index in [2.05, 4.69) is 20.6 Å². The van der Waals surface area contributed by atoms with Gasteiger partial charge >= 0.3 is 0 Å². The molecule has 0 saturated carbocycles. The maximum Gasteiger partial charge on any atom is 0.243 e. The first-order valence-corrected chi connectivity index (χ1v) is 6.40. The van der Waals surface area contributed by atoms with E-state index >= 15 is 0 Å². The van der Waals surface area contributed by atoms with Crippen molar-refractivity contribution in [2.24, 2.45) is 0 Å². The number of nitrogens with one attached hydrogen (secondary N) is 2. The first kappa shape index (κ1) is 13.5. The Morgan fingerprint density at radius 2 is 2.47 bits per heavy atom. The topological polar surface area (TPSA) is 79.4 Å². The van der Waals surface area contributed by atoms with Crippen molar-refractivity contribution < 1.29 is 9.53 Å². The summed E-state index contributed by atoms with van der Waals surface area (Å²) in [6.07, 6.45) is 1.46. The molecule has 0 aliphatic carbocycles. The number of anilines is 1. The fourth-order valence-electron chi connectivity index (χ4n) is 2.09. The second-order valence-corrected chi connectivity index (χ2v) is 4.18. The van der Waals surface area contributed by atoms with E-state index in [0.717, 1.165) is 13.1 Å². The predicted octanol–water partition coefficient (Wildman–Crippen LogP) is -0.600. The average molecular weight is 265 g/mol. The Kier molecular flexibility index (Phi) is 4.51. The van der Waals surface area contributed by atoms with E-state index in [0.29, 0.717) is 24.8 Å². The number of ether oxygens (including phenoxy) is 1. The fourth-order valence-corrected chi connectivity index (χ4v) is 2.09. The molecule has 1 aromatic rings. The van der Waals surface area contributed by atoms with Gasteiger partial charge in [-0.15, -0.1) is 0 Å². The maximum absolute atomic E-state index is 11.9. The van der Waals surface area contributed by atoms with Gasteiger partial charge in [0.05, 0.1) is 6.61 Å². The Labute approximate surface area is 112 Å². The van der Waals surface area contributed by atoms with E-state index in [1.165, 1.54) is 6.33 Å². The van der Waals surface area contributed by atoms with Crippen LogP contribution < -0.4 is 20.3 Å². The number of nitrogens with zero attached hydrogens (tertiary/aromatic N) is 3. The molecule has 0 bridgehead atoms. The minimum atomic E-state index is -0.261. The van der Waals surface area contributed by atoms with Crippen molar-refractivity contribution in [1.82, 2.24) is 20.6 Å². The van der Waals surface area contributed by atoms with Crippen molar-refractivity contribution in [3.63, 3.8) is 0 Å². The van der Waals surface area contributed by atoms with Crippen LogP contribution in [0.3, 0.4) is 0 Å². The lowest BCUT2D eigenvalue weighted by atomic mass is 10.1. The number of carbonyl (C=O) groups is 1. The summed E-state index contributed by atoms with van der Waals surface area (Å²) in [6.45, 7) is 4.60. The van der Waals surface area contributed by atoms with E-state index in [1.54, 1.807) is 13.1 Å².